The largest absolute Gasteiger partial charge is 0.372 e. The van der Waals surface area contributed by atoms with Gasteiger partial charge in [-0.3, -0.25) is 14.2 Å². The molecule has 1 aliphatic rings. The van der Waals surface area contributed by atoms with Crippen LogP contribution in [0, 0.1) is 0 Å². The summed E-state index contributed by atoms with van der Waals surface area (Å²) in [5, 5.41) is 6.36. The molecule has 3 N–H and O–H groups in total. The third-order valence-corrected chi connectivity index (χ3v) is 4.22. The molecule has 1 aromatic carbocycles. The van der Waals surface area contributed by atoms with E-state index in [4.69, 9.17) is 14.6 Å². The lowest BCUT2D eigenvalue weighted by Crippen LogP contribution is -2.38. The molecule has 0 aromatic heterocycles. The zero-order chi connectivity index (χ0) is 15.0. The van der Waals surface area contributed by atoms with Crippen LogP contribution in [0.4, 0.5) is 4.39 Å². The number of amides is 1. The van der Waals surface area contributed by atoms with E-state index in [1.54, 1.807) is 30.3 Å². The number of nitrogens with zero attached hydrogens (tertiary/aromatic N) is 1. The molecule has 110 valence electrons. The van der Waals surface area contributed by atoms with Crippen molar-refractivity contribution in [3.63, 3.8) is 0 Å². The van der Waals surface area contributed by atoms with Gasteiger partial charge in [0.1, 0.15) is 6.61 Å². The fourth-order valence-corrected chi connectivity index (χ4v) is 2.57. The van der Waals surface area contributed by atoms with Gasteiger partial charge in [-0.15, -0.1) is 0 Å². The van der Waals surface area contributed by atoms with Crippen molar-refractivity contribution in [2.24, 2.45) is 0 Å². The van der Waals surface area contributed by atoms with E-state index < -0.39 is 31.6 Å². The van der Waals surface area contributed by atoms with Crippen LogP contribution in [0.15, 0.2) is 30.3 Å². The summed E-state index contributed by atoms with van der Waals surface area (Å²) >= 11 is 0. The van der Waals surface area contributed by atoms with Crippen molar-refractivity contribution in [2.75, 3.05) is 0 Å². The number of hydrogen-bond donors (Lipinski definition) is 3. The predicted molar refractivity (Wildman–Crippen MR) is 64.6 cm³/mol. The molecule has 2 rings (SSSR count). The number of aliphatic hydroxyl groups excluding tert-OH is 1. The fraction of sp³-hybridized carbons (Fsp3) is 0.364. The summed E-state index contributed by atoms with van der Waals surface area (Å²) in [6.07, 6.45) is -2.78. The van der Waals surface area contributed by atoms with E-state index >= 15 is 0 Å². The second-order valence-electron chi connectivity index (χ2n) is 4.38. The number of hydroxylamine groups is 2. The molecule has 0 spiro atoms. The van der Waals surface area contributed by atoms with E-state index in [-0.39, 0.29) is 11.7 Å². The lowest BCUT2D eigenvalue weighted by atomic mass is 10.2. The monoisotopic (exact) mass is 305 g/mol. The van der Waals surface area contributed by atoms with E-state index in [0.717, 1.165) is 0 Å². The van der Waals surface area contributed by atoms with Crippen molar-refractivity contribution in [3.8, 4) is 0 Å². The summed E-state index contributed by atoms with van der Waals surface area (Å²) in [5.74, 6) is -1.57. The molecule has 1 heterocycles. The van der Waals surface area contributed by atoms with Crippen LogP contribution in [0.1, 0.15) is 12.0 Å². The van der Waals surface area contributed by atoms with Gasteiger partial charge in [-0.2, -0.15) is 5.06 Å². The molecule has 0 radical (unpaired) electrons. The Morgan fingerprint density at radius 2 is 2.00 bits per heavy atom. The van der Waals surface area contributed by atoms with Gasteiger partial charge in [0, 0.05) is 0 Å². The van der Waals surface area contributed by atoms with Crippen molar-refractivity contribution >= 4 is 13.5 Å². The van der Waals surface area contributed by atoms with Crippen molar-refractivity contribution in [1.82, 2.24) is 5.06 Å². The molecule has 1 amide bonds. The van der Waals surface area contributed by atoms with E-state index in [1.807, 2.05) is 0 Å². The molecule has 1 fully saturated rings. The number of aliphatic hydroxyl groups is 1. The molecule has 20 heavy (non-hydrogen) atoms. The molecule has 2 atom stereocenters. The normalized spacial score (nSPS) is 27.1. The van der Waals surface area contributed by atoms with Gasteiger partial charge in [0.15, 0.2) is 6.23 Å². The van der Waals surface area contributed by atoms with Gasteiger partial charge in [0.2, 0.25) is 0 Å². The molecule has 9 heteroatoms. The van der Waals surface area contributed by atoms with E-state index in [1.165, 1.54) is 0 Å². The minimum Gasteiger partial charge on any atom is -0.371 e. The van der Waals surface area contributed by atoms with E-state index in [9.17, 15) is 18.9 Å². The van der Waals surface area contributed by atoms with Gasteiger partial charge in [0.25, 0.3) is 11.3 Å². The SMILES string of the molecule is O=C1N(OCc2ccccc2)C(O)CC1(F)P(=O)(O)O. The van der Waals surface area contributed by atoms with Crippen LogP contribution in [0.2, 0.25) is 0 Å². The molecule has 0 aliphatic carbocycles. The highest BCUT2D eigenvalue weighted by Gasteiger charge is 2.64. The second-order valence-corrected chi connectivity index (χ2v) is 6.18. The summed E-state index contributed by atoms with van der Waals surface area (Å²) in [7, 11) is -5.35. The van der Waals surface area contributed by atoms with Crippen LogP contribution in [-0.2, 0) is 20.8 Å². The van der Waals surface area contributed by atoms with Crippen LogP contribution in [0.25, 0.3) is 0 Å². The highest BCUT2D eigenvalue weighted by atomic mass is 31.2. The first kappa shape index (κ1) is 15.1. The van der Waals surface area contributed by atoms with Gasteiger partial charge >= 0.3 is 7.60 Å². The summed E-state index contributed by atoms with van der Waals surface area (Å²) < 4.78 is 25.1. The third-order valence-electron chi connectivity index (χ3n) is 2.93. The van der Waals surface area contributed by atoms with Crippen molar-refractivity contribution < 1.29 is 33.5 Å². The first-order valence-electron chi connectivity index (χ1n) is 5.69. The molecule has 1 aliphatic heterocycles. The number of halogens is 1. The lowest BCUT2D eigenvalue weighted by Gasteiger charge is -2.21. The fourth-order valence-electron chi connectivity index (χ4n) is 1.82. The molecule has 0 bridgehead atoms. The maximum absolute atomic E-state index is 14.0. The zero-order valence-electron chi connectivity index (χ0n) is 10.2. The van der Waals surface area contributed by atoms with Crippen molar-refractivity contribution in [1.29, 1.82) is 0 Å². The highest BCUT2D eigenvalue weighted by Crippen LogP contribution is 2.57. The standard InChI is InChI=1S/C11H13FNO6P/c12-11(20(16,17)18)6-9(14)13(10(11)15)19-7-8-4-2-1-3-5-8/h1-5,9,14H,6-7H2,(H2,16,17,18). The average Bonchev–Trinajstić information content (AvgIpc) is 2.60. The lowest BCUT2D eigenvalue weighted by molar-refractivity contribution is -0.225. The van der Waals surface area contributed by atoms with Crippen LogP contribution >= 0.6 is 7.60 Å². The van der Waals surface area contributed by atoms with Gasteiger partial charge in [-0.05, 0) is 5.56 Å². The second kappa shape index (κ2) is 5.23. The van der Waals surface area contributed by atoms with Crippen LogP contribution in [0.5, 0.6) is 0 Å². The quantitative estimate of drug-likeness (QED) is 0.700. The van der Waals surface area contributed by atoms with Gasteiger partial charge in [0.05, 0.1) is 6.42 Å². The maximum atomic E-state index is 14.0. The Balaban J connectivity index is 2.10. The first-order chi connectivity index (χ1) is 9.25. The van der Waals surface area contributed by atoms with E-state index in [2.05, 4.69) is 0 Å². The number of carbonyl (C=O) groups is 1. The number of hydrogen-bond acceptors (Lipinski definition) is 4. The molecule has 1 aromatic rings. The number of carbonyl (C=O) groups excluding carboxylic acids is 1. The Labute approximate surface area is 113 Å². The highest BCUT2D eigenvalue weighted by molar-refractivity contribution is 7.54. The minimum absolute atomic E-state index is 0.138. The number of alkyl halides is 1. The van der Waals surface area contributed by atoms with Crippen molar-refractivity contribution in [3.05, 3.63) is 35.9 Å². The van der Waals surface area contributed by atoms with E-state index in [0.29, 0.717) is 5.56 Å². The van der Waals surface area contributed by atoms with Gasteiger partial charge in [-0.25, -0.2) is 4.39 Å². The summed E-state index contributed by atoms with van der Waals surface area (Å²) in [5.41, 5.74) is 0.653. The first-order valence-corrected chi connectivity index (χ1v) is 7.30. The molecule has 2 unspecified atom stereocenters. The third kappa shape index (κ3) is 2.61. The van der Waals surface area contributed by atoms with Gasteiger partial charge in [-0.1, -0.05) is 30.3 Å². The molecule has 1 saturated heterocycles. The molecular formula is C11H13FNO6P. The Morgan fingerprint density at radius 1 is 1.40 bits per heavy atom. The molecule has 0 saturated carbocycles. The van der Waals surface area contributed by atoms with Crippen molar-refractivity contribution in [2.45, 2.75) is 24.7 Å². The molecular weight excluding hydrogens is 292 g/mol. The van der Waals surface area contributed by atoms with Gasteiger partial charge < -0.3 is 14.9 Å². The number of benzene rings is 1. The Hall–Kier alpha value is -1.31. The number of rotatable bonds is 4. The van der Waals surface area contributed by atoms with Crippen LogP contribution < -0.4 is 0 Å². The van der Waals surface area contributed by atoms with Crippen LogP contribution in [0.3, 0.4) is 0 Å². The topological polar surface area (TPSA) is 107 Å². The maximum Gasteiger partial charge on any atom is 0.372 e. The predicted octanol–water partition coefficient (Wildman–Crippen LogP) is 0.512. The Bertz CT molecular complexity index is 549. The minimum atomic E-state index is -5.35. The molecule has 7 nitrogen and oxygen atoms in total. The average molecular weight is 305 g/mol. The Kier molecular flexibility index (Phi) is 3.95. The summed E-state index contributed by atoms with van der Waals surface area (Å²) in [4.78, 5) is 34.4. The summed E-state index contributed by atoms with van der Waals surface area (Å²) in [6.45, 7) is -0.138. The summed E-state index contributed by atoms with van der Waals surface area (Å²) in [6, 6.07) is 8.56. The zero-order valence-corrected chi connectivity index (χ0v) is 11.1. The smallest absolute Gasteiger partial charge is 0.371 e. The van der Waals surface area contributed by atoms with Crippen LogP contribution in [-0.4, -0.2) is 37.5 Å². The Morgan fingerprint density at radius 3 is 2.50 bits per heavy atom.